The molecule has 0 atom stereocenters. The number of rotatable bonds is 7. The first-order valence-corrected chi connectivity index (χ1v) is 9.15. The molecule has 8 heteroatoms. The molecule has 3 rings (SSSR count). The molecule has 8 nitrogen and oxygen atoms in total. The highest BCUT2D eigenvalue weighted by atomic mass is 16.5. The summed E-state index contributed by atoms with van der Waals surface area (Å²) in [4.78, 5) is 30.0. The van der Waals surface area contributed by atoms with Crippen LogP contribution in [0.15, 0.2) is 59.1 Å². The van der Waals surface area contributed by atoms with Gasteiger partial charge in [0.15, 0.2) is 5.76 Å². The summed E-state index contributed by atoms with van der Waals surface area (Å²) in [5.41, 5.74) is 1.38. The molecule has 1 N–H and O–H groups in total. The topological polar surface area (TPSA) is 108 Å². The molecule has 2 aromatic heterocycles. The highest BCUT2D eigenvalue weighted by molar-refractivity contribution is 5.97. The first kappa shape index (κ1) is 20.6. The van der Waals surface area contributed by atoms with Crippen LogP contribution in [-0.4, -0.2) is 35.3 Å². The zero-order chi connectivity index (χ0) is 21.5. The van der Waals surface area contributed by atoms with Crippen LogP contribution in [0, 0.1) is 18.3 Å². The average Bonchev–Trinajstić information content (AvgIpc) is 3.20. The number of nitrogens with one attached hydrogen (secondary N) is 1. The third kappa shape index (κ3) is 5.23. The lowest BCUT2D eigenvalue weighted by Crippen LogP contribution is -2.34. The Morgan fingerprint density at radius 3 is 2.80 bits per heavy atom. The third-order valence-corrected chi connectivity index (χ3v) is 4.16. The van der Waals surface area contributed by atoms with Crippen LogP contribution in [0.5, 0.6) is 5.75 Å². The Bertz CT molecular complexity index is 1100. The molecule has 0 aliphatic heterocycles. The molecule has 0 radical (unpaired) electrons. The van der Waals surface area contributed by atoms with Crippen LogP contribution in [0.25, 0.3) is 0 Å². The molecule has 0 unspecified atom stereocenters. The second-order valence-corrected chi connectivity index (χ2v) is 6.59. The number of aryl methyl sites for hydroxylation is 1. The Labute approximate surface area is 173 Å². The van der Waals surface area contributed by atoms with E-state index in [1.165, 1.54) is 18.0 Å². The minimum Gasteiger partial charge on any atom is -0.484 e. The van der Waals surface area contributed by atoms with Crippen molar-refractivity contribution in [3.05, 3.63) is 77.4 Å². The highest BCUT2D eigenvalue weighted by Crippen LogP contribution is 2.19. The maximum atomic E-state index is 12.5. The number of nitrogens with zero attached hydrogens (tertiary/aromatic N) is 3. The van der Waals surface area contributed by atoms with Gasteiger partial charge in [-0.3, -0.25) is 9.59 Å². The number of ether oxygens (including phenoxy) is 1. The quantitative estimate of drug-likeness (QED) is 0.648. The number of carbonyl (C=O) groups is 2. The largest absolute Gasteiger partial charge is 0.484 e. The Morgan fingerprint density at radius 1 is 1.23 bits per heavy atom. The number of aromatic nitrogens is 1. The van der Waals surface area contributed by atoms with Crippen molar-refractivity contribution in [3.8, 4) is 11.8 Å². The maximum absolute atomic E-state index is 12.5. The Hall–Kier alpha value is -4.12. The summed E-state index contributed by atoms with van der Waals surface area (Å²) in [5, 5.41) is 11.7. The predicted molar refractivity (Wildman–Crippen MR) is 109 cm³/mol. The number of hydrogen-bond donors (Lipinski definition) is 1. The molecule has 30 heavy (non-hydrogen) atoms. The molecule has 0 aliphatic carbocycles. The van der Waals surface area contributed by atoms with E-state index in [1.807, 2.05) is 13.0 Å². The van der Waals surface area contributed by atoms with Crippen molar-refractivity contribution in [2.45, 2.75) is 13.5 Å². The number of benzene rings is 1. The zero-order valence-electron chi connectivity index (χ0n) is 16.6. The predicted octanol–water partition coefficient (Wildman–Crippen LogP) is 3.14. The van der Waals surface area contributed by atoms with Crippen LogP contribution in [0.2, 0.25) is 0 Å². The van der Waals surface area contributed by atoms with Crippen LogP contribution in [0.3, 0.4) is 0 Å². The van der Waals surface area contributed by atoms with Crippen molar-refractivity contribution in [2.24, 2.45) is 0 Å². The summed E-state index contributed by atoms with van der Waals surface area (Å²) < 4.78 is 11.1. The maximum Gasteiger partial charge on any atom is 0.289 e. The van der Waals surface area contributed by atoms with E-state index < -0.39 is 5.91 Å². The van der Waals surface area contributed by atoms with E-state index in [9.17, 15) is 9.59 Å². The van der Waals surface area contributed by atoms with Gasteiger partial charge in [0.05, 0.1) is 5.56 Å². The van der Waals surface area contributed by atoms with Gasteiger partial charge in [-0.1, -0.05) is 12.1 Å². The van der Waals surface area contributed by atoms with Crippen LogP contribution in [-0.2, 0) is 11.4 Å². The number of furan rings is 1. The SMILES string of the molecule is Cc1ccnc(NC(=O)CN(C)C(=O)c2ccc(COc3ccccc3C#N)o2)c1. The fourth-order valence-corrected chi connectivity index (χ4v) is 2.67. The molecule has 0 fully saturated rings. The van der Waals surface area contributed by atoms with E-state index in [1.54, 1.807) is 42.6 Å². The number of likely N-dealkylation sites (N-methyl/N-ethyl adjacent to an activating group) is 1. The second kappa shape index (κ2) is 9.39. The molecule has 0 saturated carbocycles. The van der Waals surface area contributed by atoms with Crippen LogP contribution >= 0.6 is 0 Å². The summed E-state index contributed by atoms with van der Waals surface area (Å²) >= 11 is 0. The first-order valence-electron chi connectivity index (χ1n) is 9.15. The summed E-state index contributed by atoms with van der Waals surface area (Å²) in [6, 6.07) is 15.6. The van der Waals surface area contributed by atoms with Crippen LogP contribution < -0.4 is 10.1 Å². The summed E-state index contributed by atoms with van der Waals surface area (Å²) in [5.74, 6) is 0.566. The molecule has 3 aromatic rings. The van der Waals surface area contributed by atoms with Gasteiger partial charge >= 0.3 is 0 Å². The standard InChI is InChI=1S/C22H20N4O4/c1-15-9-10-24-20(11-15)25-21(27)13-26(2)22(28)19-8-7-17(30-19)14-29-18-6-4-3-5-16(18)12-23/h3-11H,13-14H2,1-2H3,(H,24,25,27). The minimum absolute atomic E-state index is 0.0647. The summed E-state index contributed by atoms with van der Waals surface area (Å²) in [6.45, 7) is 1.80. The molecule has 152 valence electrons. The molecule has 1 aromatic carbocycles. The molecule has 0 bridgehead atoms. The van der Waals surface area contributed by atoms with Gasteiger partial charge in [0.2, 0.25) is 5.91 Å². The van der Waals surface area contributed by atoms with Crippen molar-refractivity contribution in [1.29, 1.82) is 5.26 Å². The van der Waals surface area contributed by atoms with E-state index in [4.69, 9.17) is 14.4 Å². The zero-order valence-corrected chi connectivity index (χ0v) is 16.6. The number of para-hydroxylation sites is 1. The van der Waals surface area contributed by atoms with Crippen molar-refractivity contribution in [1.82, 2.24) is 9.88 Å². The lowest BCUT2D eigenvalue weighted by Gasteiger charge is -2.15. The molecular weight excluding hydrogens is 384 g/mol. The molecule has 0 spiro atoms. The van der Waals surface area contributed by atoms with Crippen molar-refractivity contribution < 1.29 is 18.7 Å². The number of carbonyl (C=O) groups excluding carboxylic acids is 2. The van der Waals surface area contributed by atoms with Crippen molar-refractivity contribution in [2.75, 3.05) is 18.9 Å². The fourth-order valence-electron chi connectivity index (χ4n) is 2.67. The fraction of sp³-hybridized carbons (Fsp3) is 0.182. The van der Waals surface area contributed by atoms with Gasteiger partial charge < -0.3 is 19.4 Å². The van der Waals surface area contributed by atoms with Gasteiger partial charge in [-0.2, -0.15) is 5.26 Å². The van der Waals surface area contributed by atoms with Gasteiger partial charge in [0.25, 0.3) is 5.91 Å². The summed E-state index contributed by atoms with van der Waals surface area (Å²) in [7, 11) is 1.51. The Kier molecular flexibility index (Phi) is 6.45. The van der Waals surface area contributed by atoms with Gasteiger partial charge in [-0.15, -0.1) is 0 Å². The normalized spacial score (nSPS) is 10.2. The third-order valence-electron chi connectivity index (χ3n) is 4.16. The van der Waals surface area contributed by atoms with Crippen LogP contribution in [0.1, 0.15) is 27.4 Å². The number of amides is 2. The lowest BCUT2D eigenvalue weighted by molar-refractivity contribution is -0.116. The lowest BCUT2D eigenvalue weighted by atomic mass is 10.2. The molecule has 2 heterocycles. The van der Waals surface area contributed by atoms with Crippen molar-refractivity contribution in [3.63, 3.8) is 0 Å². The average molecular weight is 404 g/mol. The van der Waals surface area contributed by atoms with E-state index in [0.29, 0.717) is 22.9 Å². The van der Waals surface area contributed by atoms with Gasteiger partial charge in [-0.25, -0.2) is 4.98 Å². The summed E-state index contributed by atoms with van der Waals surface area (Å²) in [6.07, 6.45) is 1.60. The number of hydrogen-bond acceptors (Lipinski definition) is 6. The molecule has 2 amide bonds. The molecule has 0 saturated heterocycles. The number of anilines is 1. The highest BCUT2D eigenvalue weighted by Gasteiger charge is 2.19. The van der Waals surface area contributed by atoms with E-state index in [0.717, 1.165) is 5.56 Å². The first-order chi connectivity index (χ1) is 14.5. The smallest absolute Gasteiger partial charge is 0.289 e. The number of nitriles is 1. The van der Waals surface area contributed by atoms with E-state index >= 15 is 0 Å². The van der Waals surface area contributed by atoms with E-state index in [2.05, 4.69) is 16.4 Å². The monoisotopic (exact) mass is 404 g/mol. The van der Waals surface area contributed by atoms with Gasteiger partial charge in [0.1, 0.15) is 36.5 Å². The minimum atomic E-state index is -0.439. The number of pyridine rings is 1. The molecular formula is C22H20N4O4. The van der Waals surface area contributed by atoms with Crippen molar-refractivity contribution >= 4 is 17.6 Å². The molecule has 0 aliphatic rings. The van der Waals surface area contributed by atoms with Gasteiger partial charge in [-0.05, 0) is 48.9 Å². The Morgan fingerprint density at radius 2 is 2.03 bits per heavy atom. The second-order valence-electron chi connectivity index (χ2n) is 6.59. The van der Waals surface area contributed by atoms with Gasteiger partial charge in [0, 0.05) is 13.2 Å². The van der Waals surface area contributed by atoms with Crippen LogP contribution in [0.4, 0.5) is 5.82 Å². The Balaban J connectivity index is 1.56. The van der Waals surface area contributed by atoms with E-state index in [-0.39, 0.29) is 24.8 Å².